The van der Waals surface area contributed by atoms with Crippen LogP contribution in [-0.4, -0.2) is 10.2 Å². The third-order valence-electron chi connectivity index (χ3n) is 3.16. The number of hydrogen-bond donors (Lipinski definition) is 6. The van der Waals surface area contributed by atoms with Gasteiger partial charge in [-0.15, -0.1) is 0 Å². The molecule has 10 N–H and O–H groups in total. The SMILES string of the molecule is Nc1ccc(C(O)C(O)c2ccc(N)cc2N)c(N)c1. The van der Waals surface area contributed by atoms with Gasteiger partial charge in [0.1, 0.15) is 12.2 Å². The molecular formula is C14H18N4O2. The first-order chi connectivity index (χ1) is 9.40. The molecule has 0 saturated heterocycles. The maximum atomic E-state index is 10.3. The van der Waals surface area contributed by atoms with Gasteiger partial charge in [0.15, 0.2) is 0 Å². The van der Waals surface area contributed by atoms with Gasteiger partial charge in [-0.05, 0) is 24.3 Å². The number of aliphatic hydroxyl groups excluding tert-OH is 2. The van der Waals surface area contributed by atoms with E-state index in [2.05, 4.69) is 0 Å². The second-order valence-corrected chi connectivity index (χ2v) is 4.67. The maximum absolute atomic E-state index is 10.3. The smallest absolute Gasteiger partial charge is 0.111 e. The number of rotatable bonds is 3. The minimum Gasteiger partial charge on any atom is -0.399 e. The quantitative estimate of drug-likeness (QED) is 0.456. The molecule has 0 aliphatic rings. The molecule has 106 valence electrons. The number of nitrogens with two attached hydrogens (primary N) is 4. The van der Waals surface area contributed by atoms with Gasteiger partial charge in [-0.2, -0.15) is 0 Å². The first-order valence-corrected chi connectivity index (χ1v) is 6.06. The lowest BCUT2D eigenvalue weighted by Gasteiger charge is -2.21. The van der Waals surface area contributed by atoms with Crippen LogP contribution in [0.25, 0.3) is 0 Å². The normalized spacial score (nSPS) is 13.9. The average molecular weight is 274 g/mol. The van der Waals surface area contributed by atoms with Crippen LogP contribution in [0.3, 0.4) is 0 Å². The van der Waals surface area contributed by atoms with Crippen LogP contribution in [0.1, 0.15) is 23.3 Å². The average Bonchev–Trinajstić information content (AvgIpc) is 2.37. The maximum Gasteiger partial charge on any atom is 0.111 e. The molecule has 0 heterocycles. The predicted molar refractivity (Wildman–Crippen MR) is 80.5 cm³/mol. The summed E-state index contributed by atoms with van der Waals surface area (Å²) >= 11 is 0. The summed E-state index contributed by atoms with van der Waals surface area (Å²) in [6.07, 6.45) is -2.41. The summed E-state index contributed by atoms with van der Waals surface area (Å²) < 4.78 is 0. The lowest BCUT2D eigenvalue weighted by molar-refractivity contribution is 0.0181. The van der Waals surface area contributed by atoms with E-state index in [4.69, 9.17) is 22.9 Å². The molecule has 2 aromatic rings. The summed E-state index contributed by atoms with van der Waals surface area (Å²) in [5, 5.41) is 20.5. The monoisotopic (exact) mass is 274 g/mol. The van der Waals surface area contributed by atoms with Gasteiger partial charge in [0.05, 0.1) is 0 Å². The van der Waals surface area contributed by atoms with Gasteiger partial charge in [0, 0.05) is 33.9 Å². The largest absolute Gasteiger partial charge is 0.399 e. The minimum absolute atomic E-state index is 0.311. The van der Waals surface area contributed by atoms with E-state index in [1.54, 1.807) is 24.3 Å². The van der Waals surface area contributed by atoms with Gasteiger partial charge < -0.3 is 33.1 Å². The Morgan fingerprint density at radius 1 is 0.650 bits per heavy atom. The summed E-state index contributed by atoms with van der Waals surface area (Å²) in [5.74, 6) is 0. The lowest BCUT2D eigenvalue weighted by Crippen LogP contribution is -2.14. The van der Waals surface area contributed by atoms with Gasteiger partial charge in [-0.1, -0.05) is 12.1 Å². The fourth-order valence-corrected chi connectivity index (χ4v) is 2.07. The first-order valence-electron chi connectivity index (χ1n) is 6.06. The van der Waals surface area contributed by atoms with Crippen LogP contribution in [0.15, 0.2) is 36.4 Å². The Bertz CT molecular complexity index is 575. The van der Waals surface area contributed by atoms with Gasteiger partial charge in [0.2, 0.25) is 0 Å². The fourth-order valence-electron chi connectivity index (χ4n) is 2.07. The van der Waals surface area contributed by atoms with Crippen LogP contribution in [0, 0.1) is 0 Å². The van der Waals surface area contributed by atoms with Crippen molar-refractivity contribution in [3.63, 3.8) is 0 Å². The molecule has 6 nitrogen and oxygen atoms in total. The molecule has 0 fully saturated rings. The molecular weight excluding hydrogens is 256 g/mol. The van der Waals surface area contributed by atoms with E-state index in [9.17, 15) is 10.2 Å². The Balaban J connectivity index is 2.34. The Labute approximate surface area is 116 Å². The molecule has 0 aliphatic heterocycles. The topological polar surface area (TPSA) is 145 Å². The first kappa shape index (κ1) is 14.0. The predicted octanol–water partition coefficient (Wildman–Crippen LogP) is 0.782. The van der Waals surface area contributed by atoms with Crippen molar-refractivity contribution in [3.05, 3.63) is 47.5 Å². The van der Waals surface area contributed by atoms with Crippen LogP contribution < -0.4 is 22.9 Å². The van der Waals surface area contributed by atoms with Crippen LogP contribution in [0.2, 0.25) is 0 Å². The number of aliphatic hydroxyl groups is 2. The number of anilines is 4. The second kappa shape index (κ2) is 5.28. The second-order valence-electron chi connectivity index (χ2n) is 4.67. The molecule has 0 amide bonds. The molecule has 0 aromatic heterocycles. The summed E-state index contributed by atoms with van der Waals surface area (Å²) in [4.78, 5) is 0. The lowest BCUT2D eigenvalue weighted by atomic mass is 9.95. The zero-order chi connectivity index (χ0) is 14.9. The molecule has 2 atom stereocenters. The van der Waals surface area contributed by atoms with E-state index in [1.165, 1.54) is 12.1 Å². The Morgan fingerprint density at radius 3 is 1.30 bits per heavy atom. The summed E-state index contributed by atoms with van der Waals surface area (Å²) in [7, 11) is 0. The van der Waals surface area contributed by atoms with Crippen LogP contribution in [0.5, 0.6) is 0 Å². The van der Waals surface area contributed by atoms with Gasteiger partial charge in [-0.25, -0.2) is 0 Å². The fraction of sp³-hybridized carbons (Fsp3) is 0.143. The van der Waals surface area contributed by atoms with Crippen LogP contribution in [0.4, 0.5) is 22.7 Å². The van der Waals surface area contributed by atoms with Crippen LogP contribution >= 0.6 is 0 Å². The summed E-state index contributed by atoms with van der Waals surface area (Å²) in [6, 6.07) is 9.41. The third kappa shape index (κ3) is 2.61. The van der Waals surface area contributed by atoms with Gasteiger partial charge in [0.25, 0.3) is 0 Å². The Morgan fingerprint density at radius 2 is 1.00 bits per heavy atom. The number of hydrogen-bond acceptors (Lipinski definition) is 6. The third-order valence-corrected chi connectivity index (χ3v) is 3.16. The van der Waals surface area contributed by atoms with Crippen molar-refractivity contribution < 1.29 is 10.2 Å². The Hall–Kier alpha value is -2.44. The van der Waals surface area contributed by atoms with E-state index in [0.29, 0.717) is 33.9 Å². The van der Waals surface area contributed by atoms with Crippen molar-refractivity contribution in [3.8, 4) is 0 Å². The minimum atomic E-state index is -1.21. The highest BCUT2D eigenvalue weighted by molar-refractivity contribution is 5.60. The van der Waals surface area contributed by atoms with Gasteiger partial charge in [-0.3, -0.25) is 0 Å². The Kier molecular flexibility index (Phi) is 3.69. The molecule has 0 radical (unpaired) electrons. The highest BCUT2D eigenvalue weighted by atomic mass is 16.3. The molecule has 0 aliphatic carbocycles. The van der Waals surface area contributed by atoms with Crippen molar-refractivity contribution in [2.75, 3.05) is 22.9 Å². The van der Waals surface area contributed by atoms with E-state index in [1.807, 2.05) is 0 Å². The molecule has 0 spiro atoms. The molecule has 2 unspecified atom stereocenters. The number of nitrogen functional groups attached to an aromatic ring is 4. The van der Waals surface area contributed by atoms with Crippen molar-refractivity contribution in [1.29, 1.82) is 0 Å². The molecule has 0 saturated carbocycles. The molecule has 0 bridgehead atoms. The van der Waals surface area contributed by atoms with Crippen LogP contribution in [-0.2, 0) is 0 Å². The van der Waals surface area contributed by atoms with Crippen molar-refractivity contribution in [1.82, 2.24) is 0 Å². The molecule has 2 rings (SSSR count). The highest BCUT2D eigenvalue weighted by Crippen LogP contribution is 2.35. The summed E-state index contributed by atoms with van der Waals surface area (Å²) in [5.41, 5.74) is 25.2. The van der Waals surface area contributed by atoms with E-state index >= 15 is 0 Å². The summed E-state index contributed by atoms with van der Waals surface area (Å²) in [6.45, 7) is 0. The van der Waals surface area contributed by atoms with Crippen molar-refractivity contribution in [2.45, 2.75) is 12.2 Å². The number of benzene rings is 2. The van der Waals surface area contributed by atoms with Crippen molar-refractivity contribution in [2.24, 2.45) is 0 Å². The zero-order valence-corrected chi connectivity index (χ0v) is 10.8. The van der Waals surface area contributed by atoms with E-state index < -0.39 is 12.2 Å². The molecule has 2 aromatic carbocycles. The highest BCUT2D eigenvalue weighted by Gasteiger charge is 2.23. The van der Waals surface area contributed by atoms with Gasteiger partial charge >= 0.3 is 0 Å². The standard InChI is InChI=1S/C14H18N4O2/c15-7-1-3-9(11(17)5-7)13(19)14(20)10-4-2-8(16)6-12(10)18/h1-6,13-14,19-20H,15-18H2. The van der Waals surface area contributed by atoms with E-state index in [0.717, 1.165) is 0 Å². The van der Waals surface area contributed by atoms with Crippen molar-refractivity contribution >= 4 is 22.7 Å². The molecule has 6 heteroatoms. The zero-order valence-electron chi connectivity index (χ0n) is 10.8. The van der Waals surface area contributed by atoms with E-state index in [-0.39, 0.29) is 0 Å². The molecule has 20 heavy (non-hydrogen) atoms.